The van der Waals surface area contributed by atoms with Crippen molar-refractivity contribution in [2.24, 2.45) is 0 Å². The van der Waals surface area contributed by atoms with Crippen molar-refractivity contribution < 1.29 is 4.79 Å². The van der Waals surface area contributed by atoms with Gasteiger partial charge in [-0.25, -0.2) is 0 Å². The first-order chi connectivity index (χ1) is 7.19. The summed E-state index contributed by atoms with van der Waals surface area (Å²) in [5.41, 5.74) is 7.19. The van der Waals surface area contributed by atoms with Gasteiger partial charge in [-0.2, -0.15) is 0 Å². The lowest BCUT2D eigenvalue weighted by Crippen LogP contribution is -2.34. The molecule has 1 aromatic rings. The average molecular weight is 204 g/mol. The fourth-order valence-electron chi connectivity index (χ4n) is 1.90. The number of nitrogen functional groups attached to an aromatic ring is 1. The number of carbonyl (C=O) groups excluding carboxylic acids is 1. The zero-order valence-corrected chi connectivity index (χ0v) is 8.92. The SMILES string of the molecule is CCNC(=O)C1(c2ccc(N)cc2)CC1. The lowest BCUT2D eigenvalue weighted by Gasteiger charge is -2.14. The molecule has 15 heavy (non-hydrogen) atoms. The first kappa shape index (κ1) is 10.0. The Bertz CT molecular complexity index is 366. The monoisotopic (exact) mass is 204 g/mol. The van der Waals surface area contributed by atoms with E-state index in [4.69, 9.17) is 5.73 Å². The van der Waals surface area contributed by atoms with Gasteiger partial charge >= 0.3 is 0 Å². The van der Waals surface area contributed by atoms with Crippen LogP contribution in [0.25, 0.3) is 0 Å². The summed E-state index contributed by atoms with van der Waals surface area (Å²) < 4.78 is 0. The predicted molar refractivity (Wildman–Crippen MR) is 60.5 cm³/mol. The Balaban J connectivity index is 2.22. The first-order valence-corrected chi connectivity index (χ1v) is 5.33. The molecule has 0 bridgehead atoms. The molecule has 0 spiro atoms. The number of amides is 1. The van der Waals surface area contributed by atoms with Gasteiger partial charge in [0.05, 0.1) is 5.41 Å². The second kappa shape index (κ2) is 3.57. The Labute approximate surface area is 89.7 Å². The summed E-state index contributed by atoms with van der Waals surface area (Å²) in [5, 5.41) is 2.89. The molecule has 1 aromatic carbocycles. The van der Waals surface area contributed by atoms with E-state index >= 15 is 0 Å². The summed E-state index contributed by atoms with van der Waals surface area (Å²) in [5.74, 6) is 0.148. The summed E-state index contributed by atoms with van der Waals surface area (Å²) in [7, 11) is 0. The molecule has 1 aliphatic rings. The molecule has 3 N–H and O–H groups in total. The third kappa shape index (κ3) is 1.69. The molecule has 1 aliphatic carbocycles. The molecule has 1 fully saturated rings. The minimum Gasteiger partial charge on any atom is -0.399 e. The van der Waals surface area contributed by atoms with Crippen LogP contribution in [0.5, 0.6) is 0 Å². The van der Waals surface area contributed by atoms with E-state index < -0.39 is 0 Å². The van der Waals surface area contributed by atoms with Crippen LogP contribution >= 0.6 is 0 Å². The summed E-state index contributed by atoms with van der Waals surface area (Å²) in [6.45, 7) is 2.63. The summed E-state index contributed by atoms with van der Waals surface area (Å²) in [6, 6.07) is 7.62. The number of nitrogens with two attached hydrogens (primary N) is 1. The van der Waals surface area contributed by atoms with E-state index in [2.05, 4.69) is 5.32 Å². The van der Waals surface area contributed by atoms with Gasteiger partial charge in [0.1, 0.15) is 0 Å². The number of likely N-dealkylation sites (N-methyl/N-ethyl adjacent to an activating group) is 1. The van der Waals surface area contributed by atoms with Gasteiger partial charge in [0.2, 0.25) is 5.91 Å². The molecule has 0 aromatic heterocycles. The van der Waals surface area contributed by atoms with Gasteiger partial charge in [-0.15, -0.1) is 0 Å². The van der Waals surface area contributed by atoms with Crippen molar-refractivity contribution in [3.05, 3.63) is 29.8 Å². The number of carbonyl (C=O) groups is 1. The fraction of sp³-hybridized carbons (Fsp3) is 0.417. The Kier molecular flexibility index (Phi) is 2.39. The Morgan fingerprint density at radius 2 is 2.00 bits per heavy atom. The van der Waals surface area contributed by atoms with Crippen LogP contribution in [0.3, 0.4) is 0 Å². The molecule has 0 aliphatic heterocycles. The number of nitrogens with one attached hydrogen (secondary N) is 1. The molecule has 2 rings (SSSR count). The molecule has 1 saturated carbocycles. The highest BCUT2D eigenvalue weighted by molar-refractivity contribution is 5.91. The molecule has 3 nitrogen and oxygen atoms in total. The van der Waals surface area contributed by atoms with Crippen LogP contribution in [0.2, 0.25) is 0 Å². The minimum atomic E-state index is -0.260. The second-order valence-electron chi connectivity index (χ2n) is 4.06. The largest absolute Gasteiger partial charge is 0.399 e. The number of hydrogen-bond acceptors (Lipinski definition) is 2. The smallest absolute Gasteiger partial charge is 0.230 e. The van der Waals surface area contributed by atoms with E-state index in [0.29, 0.717) is 6.54 Å². The second-order valence-corrected chi connectivity index (χ2v) is 4.06. The van der Waals surface area contributed by atoms with Crippen LogP contribution in [0.15, 0.2) is 24.3 Å². The van der Waals surface area contributed by atoms with E-state index in [-0.39, 0.29) is 11.3 Å². The quantitative estimate of drug-likeness (QED) is 0.732. The van der Waals surface area contributed by atoms with Crippen LogP contribution in [-0.2, 0) is 10.2 Å². The molecular weight excluding hydrogens is 188 g/mol. The number of benzene rings is 1. The molecular formula is C12H16N2O. The van der Waals surface area contributed by atoms with Crippen LogP contribution in [-0.4, -0.2) is 12.5 Å². The van der Waals surface area contributed by atoms with Gasteiger partial charge in [0.25, 0.3) is 0 Å². The molecule has 3 heteroatoms. The molecule has 0 atom stereocenters. The Morgan fingerprint density at radius 3 is 2.47 bits per heavy atom. The molecule has 80 valence electrons. The van der Waals surface area contributed by atoms with E-state index in [9.17, 15) is 4.79 Å². The average Bonchev–Trinajstić information content (AvgIpc) is 3.00. The zero-order valence-electron chi connectivity index (χ0n) is 8.92. The highest BCUT2D eigenvalue weighted by Crippen LogP contribution is 2.48. The van der Waals surface area contributed by atoms with Crippen molar-refractivity contribution in [3.63, 3.8) is 0 Å². The Hall–Kier alpha value is -1.51. The summed E-state index contributed by atoms with van der Waals surface area (Å²) in [6.07, 6.45) is 1.89. The summed E-state index contributed by atoms with van der Waals surface area (Å²) >= 11 is 0. The molecule has 0 saturated heterocycles. The van der Waals surface area contributed by atoms with Gasteiger partial charge in [0.15, 0.2) is 0 Å². The zero-order chi connectivity index (χ0) is 10.9. The molecule has 1 amide bonds. The van der Waals surface area contributed by atoms with Crippen molar-refractivity contribution in [1.82, 2.24) is 5.32 Å². The van der Waals surface area contributed by atoms with Gasteiger partial charge in [0, 0.05) is 12.2 Å². The first-order valence-electron chi connectivity index (χ1n) is 5.33. The third-order valence-electron chi connectivity index (χ3n) is 2.99. The maximum atomic E-state index is 11.9. The lowest BCUT2D eigenvalue weighted by molar-refractivity contribution is -0.123. The number of rotatable bonds is 3. The van der Waals surface area contributed by atoms with E-state index in [1.807, 2.05) is 31.2 Å². The van der Waals surface area contributed by atoms with Crippen LogP contribution < -0.4 is 11.1 Å². The Morgan fingerprint density at radius 1 is 1.40 bits per heavy atom. The van der Waals surface area contributed by atoms with Crippen LogP contribution in [0.1, 0.15) is 25.3 Å². The minimum absolute atomic E-state index is 0.148. The predicted octanol–water partition coefficient (Wildman–Crippen LogP) is 1.44. The van der Waals surface area contributed by atoms with Gasteiger partial charge in [-0.05, 0) is 37.5 Å². The van der Waals surface area contributed by atoms with Crippen molar-refractivity contribution in [1.29, 1.82) is 0 Å². The van der Waals surface area contributed by atoms with E-state index in [0.717, 1.165) is 24.1 Å². The highest BCUT2D eigenvalue weighted by atomic mass is 16.2. The number of anilines is 1. The van der Waals surface area contributed by atoms with Gasteiger partial charge < -0.3 is 11.1 Å². The fourth-order valence-corrected chi connectivity index (χ4v) is 1.90. The van der Waals surface area contributed by atoms with Gasteiger partial charge in [-0.3, -0.25) is 4.79 Å². The highest BCUT2D eigenvalue weighted by Gasteiger charge is 2.50. The van der Waals surface area contributed by atoms with E-state index in [1.165, 1.54) is 0 Å². The lowest BCUT2D eigenvalue weighted by atomic mass is 9.95. The molecule has 0 radical (unpaired) electrons. The topological polar surface area (TPSA) is 55.1 Å². The van der Waals surface area contributed by atoms with E-state index in [1.54, 1.807) is 0 Å². The normalized spacial score (nSPS) is 17.1. The van der Waals surface area contributed by atoms with Crippen molar-refractivity contribution in [2.75, 3.05) is 12.3 Å². The molecule has 0 unspecified atom stereocenters. The standard InChI is InChI=1S/C12H16N2O/c1-2-14-11(15)12(7-8-12)9-3-5-10(13)6-4-9/h3-6H,2,7-8,13H2,1H3,(H,14,15). The number of hydrogen-bond donors (Lipinski definition) is 2. The maximum absolute atomic E-state index is 11.9. The summed E-state index contributed by atoms with van der Waals surface area (Å²) in [4.78, 5) is 11.9. The van der Waals surface area contributed by atoms with Crippen LogP contribution in [0, 0.1) is 0 Å². The molecule has 0 heterocycles. The van der Waals surface area contributed by atoms with Crippen molar-refractivity contribution in [3.8, 4) is 0 Å². The van der Waals surface area contributed by atoms with Crippen molar-refractivity contribution >= 4 is 11.6 Å². The maximum Gasteiger partial charge on any atom is 0.230 e. The van der Waals surface area contributed by atoms with Gasteiger partial charge in [-0.1, -0.05) is 12.1 Å². The third-order valence-corrected chi connectivity index (χ3v) is 2.99. The van der Waals surface area contributed by atoms with Crippen molar-refractivity contribution in [2.45, 2.75) is 25.2 Å². The van der Waals surface area contributed by atoms with Crippen LogP contribution in [0.4, 0.5) is 5.69 Å².